The van der Waals surface area contributed by atoms with E-state index in [1.165, 1.54) is 26.0 Å². The number of imidazole rings is 1. The Morgan fingerprint density at radius 3 is 1.67 bits per heavy atom. The molecule has 41 nitrogen and oxygen atoms in total. The number of sulfonamides is 1. The third-order valence-corrected chi connectivity index (χ3v) is 20.5. The molecule has 0 aliphatic carbocycles. The third kappa shape index (κ3) is 36.3. The Kier molecular flexibility index (Phi) is 39.7. The average molecular weight is 1620 g/mol. The highest BCUT2D eigenvalue weighted by atomic mass is 32.2. The fourth-order valence-electron chi connectivity index (χ4n) is 11.9. The smallest absolute Gasteiger partial charge is 0.339 e. The van der Waals surface area contributed by atoms with Crippen LogP contribution in [0.5, 0.6) is 5.75 Å². The molecule has 44 heteroatoms. The number of carbonyl (C=O) groups is 10. The second-order valence-corrected chi connectivity index (χ2v) is 31.2. The maximum absolute atomic E-state index is 13.8. The summed E-state index contributed by atoms with van der Waals surface area (Å²) in [5.74, 6) is -7.22. The summed E-state index contributed by atoms with van der Waals surface area (Å²) in [5.41, 5.74) is 2.22. The Labute approximate surface area is 636 Å². The SMILES string of the molecule is Cc1cc(OCCCC(=O)NCCCOCCOCCOCCCNC(=O)C(CCCCNC(=O)CN(CP(=O)(O)O)CP(=O)(O)O)NC(=O)CN2CCN(CC(=O)O)CCN(CC(=O)O)CCN(CC(=O)O)CC2)cc(C)c1S(=O)(=O)NC(CNC(=O)C1CC(=O)c2ccc(CNc3ncc[nH]3)cc2N1C)C(=O)O. The van der Waals surface area contributed by atoms with Gasteiger partial charge in [0.05, 0.1) is 70.7 Å². The van der Waals surface area contributed by atoms with E-state index in [0.29, 0.717) is 66.8 Å². The number of benzene rings is 2. The Balaban J connectivity index is 0.972. The fourth-order valence-corrected chi connectivity index (χ4v) is 15.1. The quantitative estimate of drug-likeness (QED) is 0.0207. The van der Waals surface area contributed by atoms with Crippen molar-refractivity contribution >= 4 is 96.0 Å². The molecule has 16 N–H and O–H groups in total. The van der Waals surface area contributed by atoms with Gasteiger partial charge in [0.15, 0.2) is 11.7 Å². The molecule has 2 aromatic carbocycles. The van der Waals surface area contributed by atoms with E-state index >= 15 is 0 Å². The van der Waals surface area contributed by atoms with Gasteiger partial charge in [-0.3, -0.25) is 81.6 Å². The van der Waals surface area contributed by atoms with E-state index in [1.807, 2.05) is 0 Å². The van der Waals surface area contributed by atoms with Gasteiger partial charge in [0.2, 0.25) is 39.6 Å². The van der Waals surface area contributed by atoms with E-state index in [-0.39, 0.29) is 191 Å². The molecule has 2 aliphatic rings. The molecule has 1 aromatic heterocycles. The zero-order valence-electron chi connectivity index (χ0n) is 61.9. The second kappa shape index (κ2) is 47.3. The first-order valence-electron chi connectivity index (χ1n) is 35.6. The summed E-state index contributed by atoms with van der Waals surface area (Å²) in [5, 5.41) is 55.3. The number of ether oxygens (including phenoxy) is 4. The highest BCUT2D eigenvalue weighted by Gasteiger charge is 2.37. The number of ketones is 1. The molecule has 0 bridgehead atoms. The number of amides is 5. The highest BCUT2D eigenvalue weighted by molar-refractivity contribution is 7.89. The standard InChI is InChI=1S/C66H105N15O26P2S/c1-46-33-49(34-47(2)62(46)110(102,103)75-52(65(94)95)38-72-64(93)54-36-55(82)50-12-11-48(35-53(50)76(54)3)37-73-66-70-16-17-71-66)107-28-6-10-56(83)67-14-7-26-104-29-31-106-32-30-105-27-8-15-69-63(92)51(9-4-5-13-68-57(84)39-81(44-108(96,97)98)45-109(99,100)101)74-58(85)40-77-18-20-78(41-59(86)87)22-24-80(43-61(90)91)25-23-79(21-19-77)42-60(88)89/h11-12,16-17,33-35,51-52,54,75H,4-10,13-15,18-32,36-45H2,1-3H3,(H,67,83)(H,68,84)(H,69,92)(H,72,93)(H,74,85)(H,86,87)(H,88,89)(H,90,91)(H,94,95)(H2,70,71,73)(H2,96,97,98)(H2,99,100,101). The molecule has 616 valence electrons. The van der Waals surface area contributed by atoms with Gasteiger partial charge >= 0.3 is 39.1 Å². The second-order valence-electron chi connectivity index (χ2n) is 26.4. The van der Waals surface area contributed by atoms with Crippen LogP contribution >= 0.6 is 15.2 Å². The molecular weight excluding hydrogens is 1510 g/mol. The van der Waals surface area contributed by atoms with Gasteiger partial charge in [0, 0.05) is 142 Å². The number of fused-ring (bicyclic) bond motifs is 1. The van der Waals surface area contributed by atoms with E-state index in [2.05, 4.69) is 46.6 Å². The number of carbonyl (C=O) groups excluding carboxylic acids is 6. The first-order chi connectivity index (χ1) is 52.0. The molecule has 5 amide bonds. The molecule has 3 unspecified atom stereocenters. The topological polar surface area (TPSA) is 570 Å². The van der Waals surface area contributed by atoms with Crippen molar-refractivity contribution in [3.63, 3.8) is 0 Å². The van der Waals surface area contributed by atoms with Gasteiger partial charge in [-0.05, 0) is 93.3 Å². The molecule has 2 aliphatic heterocycles. The largest absolute Gasteiger partial charge is 0.494 e. The molecule has 3 atom stereocenters. The van der Waals surface area contributed by atoms with Crippen molar-refractivity contribution in [2.75, 3.05) is 187 Å². The summed E-state index contributed by atoms with van der Waals surface area (Å²) in [4.78, 5) is 180. The lowest BCUT2D eigenvalue weighted by Gasteiger charge is -2.34. The minimum absolute atomic E-state index is 0.0268. The number of carboxylic acids is 4. The first kappa shape index (κ1) is 92.4. The molecule has 3 heterocycles. The zero-order valence-corrected chi connectivity index (χ0v) is 64.5. The Hall–Kier alpha value is -8.16. The van der Waals surface area contributed by atoms with E-state index < -0.39 is 117 Å². The number of nitrogens with one attached hydrogen (secondary N) is 8. The van der Waals surface area contributed by atoms with Crippen molar-refractivity contribution < 1.29 is 124 Å². The molecule has 3 aromatic rings. The van der Waals surface area contributed by atoms with E-state index in [9.17, 15) is 105 Å². The molecule has 0 saturated carbocycles. The Bertz CT molecular complexity index is 3660. The van der Waals surface area contributed by atoms with Crippen molar-refractivity contribution in [2.24, 2.45) is 0 Å². The number of nitrogens with zero attached hydrogens (tertiary/aromatic N) is 7. The van der Waals surface area contributed by atoms with Crippen LogP contribution in [0.2, 0.25) is 0 Å². The summed E-state index contributed by atoms with van der Waals surface area (Å²) in [6, 6.07) is 4.27. The lowest BCUT2D eigenvalue weighted by Crippen LogP contribution is -2.54. The number of aliphatic carboxylic acids is 4. The van der Waals surface area contributed by atoms with Crippen LogP contribution in [0, 0.1) is 13.8 Å². The van der Waals surface area contributed by atoms with Crippen LogP contribution in [-0.4, -0.2) is 337 Å². The number of likely N-dealkylation sites (N-methyl/N-ethyl adjacent to an activating group) is 1. The van der Waals surface area contributed by atoms with Crippen molar-refractivity contribution in [2.45, 2.75) is 94.8 Å². The highest BCUT2D eigenvalue weighted by Crippen LogP contribution is 2.41. The van der Waals surface area contributed by atoms with Crippen molar-refractivity contribution in [3.05, 3.63) is 65.0 Å². The van der Waals surface area contributed by atoms with Gasteiger partial charge in [-0.25, -0.2) is 13.4 Å². The number of aryl methyl sites for hydroxylation is 2. The predicted octanol–water partition coefficient (Wildman–Crippen LogP) is -2.38. The predicted molar refractivity (Wildman–Crippen MR) is 395 cm³/mol. The maximum atomic E-state index is 13.8. The number of Topliss-reactive ketones (excluding diaryl/α,β-unsaturated/α-hetero) is 1. The van der Waals surface area contributed by atoms with Crippen LogP contribution in [0.3, 0.4) is 0 Å². The number of H-pyrrole nitrogens is 1. The third-order valence-electron chi connectivity index (χ3n) is 17.1. The molecule has 1 saturated heterocycles. The molecule has 110 heavy (non-hydrogen) atoms. The molecule has 0 radical (unpaired) electrons. The minimum Gasteiger partial charge on any atom is -0.494 e. The van der Waals surface area contributed by atoms with E-state index in [1.54, 1.807) is 62.1 Å². The lowest BCUT2D eigenvalue weighted by molar-refractivity contribution is -0.140. The normalized spacial score (nSPS) is 15.8. The van der Waals surface area contributed by atoms with Crippen LogP contribution in [0.1, 0.15) is 78.4 Å². The van der Waals surface area contributed by atoms with Gasteiger partial charge in [-0.1, -0.05) is 6.07 Å². The number of hydrogen-bond donors (Lipinski definition) is 16. The van der Waals surface area contributed by atoms with E-state index in [0.717, 1.165) is 5.56 Å². The Morgan fingerprint density at radius 2 is 1.15 bits per heavy atom. The van der Waals surface area contributed by atoms with Crippen LogP contribution in [0.15, 0.2) is 47.6 Å². The summed E-state index contributed by atoms with van der Waals surface area (Å²) in [6.45, 7) is 3.78. The minimum atomic E-state index is -4.81. The number of unbranched alkanes of at least 4 members (excludes halogenated alkanes) is 1. The summed E-state index contributed by atoms with van der Waals surface area (Å²) in [6.07, 6.45) is 2.70. The fraction of sp³-hybridized carbons (Fsp3) is 0.621. The maximum Gasteiger partial charge on any atom is 0.339 e. The monoisotopic (exact) mass is 1620 g/mol. The van der Waals surface area contributed by atoms with Crippen LogP contribution in [0.4, 0.5) is 11.6 Å². The number of rotatable bonds is 50. The van der Waals surface area contributed by atoms with Crippen LogP contribution in [0.25, 0.3) is 0 Å². The van der Waals surface area contributed by atoms with Gasteiger partial charge in [-0.15, -0.1) is 0 Å². The number of carboxylic acid groups (broad SMARTS) is 4. The number of aromatic amines is 1. The molecule has 0 spiro atoms. The van der Waals surface area contributed by atoms with Crippen LogP contribution < -0.4 is 46.3 Å². The lowest BCUT2D eigenvalue weighted by atomic mass is 9.93. The first-order valence-corrected chi connectivity index (χ1v) is 40.7. The Morgan fingerprint density at radius 1 is 0.636 bits per heavy atom. The van der Waals surface area contributed by atoms with Crippen LogP contribution in [-0.2, 0) is 83.1 Å². The number of aromatic nitrogens is 2. The summed E-state index contributed by atoms with van der Waals surface area (Å²) >= 11 is 0. The molecule has 5 rings (SSSR count). The van der Waals surface area contributed by atoms with Crippen molar-refractivity contribution in [1.82, 2.24) is 65.8 Å². The summed E-state index contributed by atoms with van der Waals surface area (Å²) < 4.78 is 75.5. The zero-order chi connectivity index (χ0) is 81.0. The number of anilines is 2. The van der Waals surface area contributed by atoms with Crippen molar-refractivity contribution in [3.8, 4) is 5.75 Å². The molecule has 1 fully saturated rings. The van der Waals surface area contributed by atoms with Crippen molar-refractivity contribution in [1.29, 1.82) is 0 Å². The molecular formula is C66H105N15O26P2S. The average Bonchev–Trinajstić information content (AvgIpc) is 0.803. The summed E-state index contributed by atoms with van der Waals surface area (Å²) in [7, 11) is -12.5. The van der Waals surface area contributed by atoms with Gasteiger partial charge < -0.3 is 101 Å². The van der Waals surface area contributed by atoms with Gasteiger partial charge in [0.1, 0.15) is 36.4 Å². The van der Waals surface area contributed by atoms with E-state index in [4.69, 9.17) is 18.9 Å². The number of hydrogen-bond acceptors (Lipinski definition) is 26. The van der Waals surface area contributed by atoms with Gasteiger partial charge in [-0.2, -0.15) is 4.72 Å². The van der Waals surface area contributed by atoms with Gasteiger partial charge in [0.25, 0.3) is 0 Å².